The summed E-state index contributed by atoms with van der Waals surface area (Å²) in [7, 11) is 0. The molecule has 0 radical (unpaired) electrons. The van der Waals surface area contributed by atoms with Crippen LogP contribution >= 0.6 is 0 Å². The monoisotopic (exact) mass is 459 g/mol. The number of ether oxygens (including phenoxy) is 1. The number of aryl methyl sites for hydroxylation is 1. The Bertz CT molecular complexity index is 1120. The summed E-state index contributed by atoms with van der Waals surface area (Å²) in [6, 6.07) is 3.80. The van der Waals surface area contributed by atoms with Crippen LogP contribution in [0.25, 0.3) is 16.6 Å². The summed E-state index contributed by atoms with van der Waals surface area (Å²) in [5.41, 5.74) is 3.65. The van der Waals surface area contributed by atoms with Crippen molar-refractivity contribution in [2.24, 2.45) is 0 Å². The Morgan fingerprint density at radius 2 is 2.09 bits per heavy atom. The molecule has 1 fully saturated rings. The zero-order chi connectivity index (χ0) is 23.4. The van der Waals surface area contributed by atoms with Gasteiger partial charge in [0.15, 0.2) is 0 Å². The van der Waals surface area contributed by atoms with Gasteiger partial charge in [0, 0.05) is 35.0 Å². The van der Waals surface area contributed by atoms with Crippen molar-refractivity contribution in [3.05, 3.63) is 30.4 Å². The Morgan fingerprint density at radius 1 is 1.30 bits per heavy atom. The molecule has 3 aromatic rings. The molecule has 0 bridgehead atoms. The SMILES string of the molecule is C[C@@H](COC(F)F)Nc1ncc2c(-c3cnn(CCC#N)c3)cc(C3CCC(O)CC3)n2n1. The maximum atomic E-state index is 12.3. The first kappa shape index (κ1) is 23.1. The second kappa shape index (κ2) is 10.2. The molecule has 176 valence electrons. The zero-order valence-corrected chi connectivity index (χ0v) is 18.4. The minimum absolute atomic E-state index is 0.175. The summed E-state index contributed by atoms with van der Waals surface area (Å²) >= 11 is 0. The summed E-state index contributed by atoms with van der Waals surface area (Å²) < 4.78 is 32.6. The third kappa shape index (κ3) is 5.46. The molecule has 0 amide bonds. The van der Waals surface area contributed by atoms with Gasteiger partial charge in [-0.25, -0.2) is 9.50 Å². The Balaban J connectivity index is 1.67. The van der Waals surface area contributed by atoms with Crippen LogP contribution in [0.2, 0.25) is 0 Å². The lowest BCUT2D eigenvalue weighted by molar-refractivity contribution is -0.130. The number of hydrogen-bond acceptors (Lipinski definition) is 7. The molecule has 0 unspecified atom stereocenters. The third-order valence-corrected chi connectivity index (χ3v) is 5.90. The van der Waals surface area contributed by atoms with Gasteiger partial charge in [-0.2, -0.15) is 19.1 Å². The number of alkyl halides is 2. The highest BCUT2D eigenvalue weighted by atomic mass is 19.3. The van der Waals surface area contributed by atoms with Crippen molar-refractivity contribution in [3.63, 3.8) is 0 Å². The van der Waals surface area contributed by atoms with E-state index in [1.165, 1.54) is 0 Å². The van der Waals surface area contributed by atoms with Crippen LogP contribution in [0, 0.1) is 11.3 Å². The third-order valence-electron chi connectivity index (χ3n) is 5.90. The fraction of sp³-hybridized carbons (Fsp3) is 0.545. The topological polar surface area (TPSA) is 113 Å². The first-order chi connectivity index (χ1) is 15.9. The number of rotatable bonds is 9. The van der Waals surface area contributed by atoms with Crippen LogP contribution in [0.1, 0.15) is 50.6 Å². The summed E-state index contributed by atoms with van der Waals surface area (Å²) in [6.07, 6.45) is 8.63. The molecule has 0 aromatic carbocycles. The van der Waals surface area contributed by atoms with E-state index in [-0.39, 0.29) is 18.6 Å². The fourth-order valence-corrected chi connectivity index (χ4v) is 4.24. The normalized spacial score (nSPS) is 19.6. The van der Waals surface area contributed by atoms with E-state index in [0.717, 1.165) is 48.0 Å². The fourth-order valence-electron chi connectivity index (χ4n) is 4.24. The molecule has 0 saturated heterocycles. The highest BCUT2D eigenvalue weighted by Crippen LogP contribution is 2.37. The number of anilines is 1. The van der Waals surface area contributed by atoms with Crippen molar-refractivity contribution in [2.45, 2.75) is 70.2 Å². The van der Waals surface area contributed by atoms with E-state index < -0.39 is 12.7 Å². The molecule has 1 aliphatic rings. The van der Waals surface area contributed by atoms with Gasteiger partial charge in [0.1, 0.15) is 0 Å². The van der Waals surface area contributed by atoms with E-state index >= 15 is 0 Å². The Morgan fingerprint density at radius 3 is 2.82 bits per heavy atom. The van der Waals surface area contributed by atoms with E-state index in [1.807, 2.05) is 10.7 Å². The van der Waals surface area contributed by atoms with Gasteiger partial charge in [-0.3, -0.25) is 4.68 Å². The average Bonchev–Trinajstić information content (AvgIpc) is 3.41. The van der Waals surface area contributed by atoms with Crippen molar-refractivity contribution >= 4 is 11.5 Å². The van der Waals surface area contributed by atoms with Gasteiger partial charge >= 0.3 is 6.61 Å². The number of nitriles is 1. The number of aromatic nitrogens is 5. The number of nitrogens with zero attached hydrogens (tertiary/aromatic N) is 6. The standard InChI is InChI=1S/C22H27F2N7O2/c1-14(13-33-21(23)24)28-22-26-11-20-18(16-10-27-30(12-16)8-2-7-25)9-19(31(20)29-22)15-3-5-17(32)6-4-15/h9-12,14-15,17,21,32H,2-6,8,13H2,1H3,(H,28,29)/t14-,15?,17?/m0/s1. The van der Waals surface area contributed by atoms with Gasteiger partial charge in [-0.15, -0.1) is 5.10 Å². The van der Waals surface area contributed by atoms with Gasteiger partial charge in [0.25, 0.3) is 0 Å². The number of aliphatic hydroxyl groups is 1. The average molecular weight is 460 g/mol. The number of nitrogens with one attached hydrogen (secondary N) is 1. The lowest BCUT2D eigenvalue weighted by Crippen LogP contribution is -2.25. The van der Waals surface area contributed by atoms with Crippen LogP contribution in [0.15, 0.2) is 24.7 Å². The van der Waals surface area contributed by atoms with E-state index in [9.17, 15) is 13.9 Å². The second-order valence-electron chi connectivity index (χ2n) is 8.41. The Kier molecular flexibility index (Phi) is 7.15. The van der Waals surface area contributed by atoms with E-state index in [2.05, 4.69) is 37.4 Å². The molecular weight excluding hydrogens is 432 g/mol. The van der Waals surface area contributed by atoms with Crippen molar-refractivity contribution in [1.29, 1.82) is 5.26 Å². The highest BCUT2D eigenvalue weighted by molar-refractivity contribution is 5.81. The molecule has 1 saturated carbocycles. The summed E-state index contributed by atoms with van der Waals surface area (Å²) in [5.74, 6) is 0.544. The quantitative estimate of drug-likeness (QED) is 0.503. The van der Waals surface area contributed by atoms with Gasteiger partial charge in [-0.05, 0) is 38.7 Å². The second-order valence-corrected chi connectivity index (χ2v) is 8.41. The maximum Gasteiger partial charge on any atom is 0.345 e. The number of fused-ring (bicyclic) bond motifs is 1. The predicted molar refractivity (Wildman–Crippen MR) is 117 cm³/mol. The van der Waals surface area contributed by atoms with E-state index in [4.69, 9.17) is 5.26 Å². The molecule has 4 rings (SSSR count). The number of halogens is 2. The van der Waals surface area contributed by atoms with E-state index in [0.29, 0.717) is 18.9 Å². The van der Waals surface area contributed by atoms with Crippen molar-refractivity contribution in [3.8, 4) is 17.2 Å². The lowest BCUT2D eigenvalue weighted by Gasteiger charge is -2.25. The van der Waals surface area contributed by atoms with E-state index in [1.54, 1.807) is 24.0 Å². The molecule has 3 heterocycles. The molecule has 1 atom stereocenters. The van der Waals surface area contributed by atoms with Gasteiger partial charge in [0.05, 0.1) is 49.7 Å². The van der Waals surface area contributed by atoms with Gasteiger partial charge < -0.3 is 15.2 Å². The molecule has 11 heteroatoms. The number of aliphatic hydroxyl groups excluding tert-OH is 1. The minimum Gasteiger partial charge on any atom is -0.393 e. The predicted octanol–water partition coefficient (Wildman–Crippen LogP) is 3.56. The van der Waals surface area contributed by atoms with Crippen LogP contribution in [0.5, 0.6) is 0 Å². The molecular formula is C22H27F2N7O2. The molecule has 33 heavy (non-hydrogen) atoms. The van der Waals surface area contributed by atoms with Crippen molar-refractivity contribution in [2.75, 3.05) is 11.9 Å². The molecule has 0 aliphatic heterocycles. The summed E-state index contributed by atoms with van der Waals surface area (Å²) in [4.78, 5) is 4.39. The summed E-state index contributed by atoms with van der Waals surface area (Å²) in [5, 5.41) is 30.8. The van der Waals surface area contributed by atoms with Crippen LogP contribution in [-0.4, -0.2) is 54.8 Å². The van der Waals surface area contributed by atoms with Gasteiger partial charge in [-0.1, -0.05) is 0 Å². The smallest absolute Gasteiger partial charge is 0.345 e. The molecule has 9 nitrogen and oxygen atoms in total. The van der Waals surface area contributed by atoms with Gasteiger partial charge in [0.2, 0.25) is 5.95 Å². The summed E-state index contributed by atoms with van der Waals surface area (Å²) in [6.45, 7) is -0.771. The molecule has 0 spiro atoms. The van der Waals surface area contributed by atoms with Crippen LogP contribution < -0.4 is 5.32 Å². The minimum atomic E-state index is -2.83. The maximum absolute atomic E-state index is 12.3. The first-order valence-corrected chi connectivity index (χ1v) is 11.1. The van der Waals surface area contributed by atoms with Crippen molar-refractivity contribution < 1.29 is 18.6 Å². The van der Waals surface area contributed by atoms with Crippen LogP contribution in [0.3, 0.4) is 0 Å². The first-order valence-electron chi connectivity index (χ1n) is 11.1. The highest BCUT2D eigenvalue weighted by Gasteiger charge is 2.26. The Hall–Kier alpha value is -3.10. The number of hydrogen-bond donors (Lipinski definition) is 2. The molecule has 3 aromatic heterocycles. The van der Waals surface area contributed by atoms with Crippen LogP contribution in [-0.2, 0) is 11.3 Å². The zero-order valence-electron chi connectivity index (χ0n) is 18.4. The van der Waals surface area contributed by atoms with Crippen molar-refractivity contribution in [1.82, 2.24) is 24.4 Å². The molecule has 1 aliphatic carbocycles. The van der Waals surface area contributed by atoms with Crippen LogP contribution in [0.4, 0.5) is 14.7 Å². The Labute approximate surface area is 190 Å². The lowest BCUT2D eigenvalue weighted by atomic mass is 9.85. The molecule has 2 N–H and O–H groups in total. The largest absolute Gasteiger partial charge is 0.393 e.